The zero-order valence-corrected chi connectivity index (χ0v) is 10.6. The fourth-order valence-corrected chi connectivity index (χ4v) is 2.43. The molecule has 1 aliphatic rings. The van der Waals surface area contributed by atoms with Gasteiger partial charge >= 0.3 is 5.97 Å². The Morgan fingerprint density at radius 1 is 1.44 bits per heavy atom. The van der Waals surface area contributed by atoms with Gasteiger partial charge in [-0.3, -0.25) is 9.59 Å². The number of carboxylic acid groups (broad SMARTS) is 1. The van der Waals surface area contributed by atoms with Crippen molar-refractivity contribution in [1.82, 2.24) is 4.90 Å². The summed E-state index contributed by atoms with van der Waals surface area (Å²) in [4.78, 5) is 24.2. The molecular formula is C13H14ClNO3. The lowest BCUT2D eigenvalue weighted by atomic mass is 10.1. The highest BCUT2D eigenvalue weighted by Crippen LogP contribution is 2.26. The average molecular weight is 268 g/mol. The summed E-state index contributed by atoms with van der Waals surface area (Å²) in [7, 11) is 0. The van der Waals surface area contributed by atoms with Crippen LogP contribution in [0.5, 0.6) is 0 Å². The highest BCUT2D eigenvalue weighted by atomic mass is 35.5. The molecule has 0 aromatic heterocycles. The number of nitrogens with zero attached hydrogens (tertiary/aromatic N) is 1. The first-order chi connectivity index (χ1) is 8.58. The van der Waals surface area contributed by atoms with E-state index in [1.54, 1.807) is 11.0 Å². The van der Waals surface area contributed by atoms with Crippen LogP contribution < -0.4 is 0 Å². The molecule has 1 aromatic rings. The molecule has 1 fully saturated rings. The lowest BCUT2D eigenvalue weighted by Gasteiger charge is -2.24. The first kappa shape index (κ1) is 12.9. The molecule has 18 heavy (non-hydrogen) atoms. The smallest absolute Gasteiger partial charge is 0.305 e. The summed E-state index contributed by atoms with van der Waals surface area (Å²) < 4.78 is 0. The van der Waals surface area contributed by atoms with Gasteiger partial charge in [-0.25, -0.2) is 0 Å². The SMILES string of the molecule is O=C(O)C[C@@H]1CCC(=O)N1Cc1ccccc1Cl. The molecule has 1 aliphatic heterocycles. The zero-order chi connectivity index (χ0) is 13.1. The monoisotopic (exact) mass is 267 g/mol. The van der Waals surface area contributed by atoms with Crippen molar-refractivity contribution in [3.63, 3.8) is 0 Å². The minimum absolute atomic E-state index is 0.00108. The van der Waals surface area contributed by atoms with Gasteiger partial charge in [-0.05, 0) is 18.1 Å². The van der Waals surface area contributed by atoms with Gasteiger partial charge in [0.25, 0.3) is 0 Å². The molecule has 0 spiro atoms. The highest BCUT2D eigenvalue weighted by molar-refractivity contribution is 6.31. The van der Waals surface area contributed by atoms with E-state index in [9.17, 15) is 9.59 Å². The first-order valence-electron chi connectivity index (χ1n) is 5.82. The van der Waals surface area contributed by atoms with E-state index in [0.717, 1.165) is 5.56 Å². The number of hydrogen-bond donors (Lipinski definition) is 1. The van der Waals surface area contributed by atoms with Gasteiger partial charge in [0.2, 0.25) is 5.91 Å². The number of carbonyl (C=O) groups is 2. The number of amides is 1. The van der Waals surface area contributed by atoms with E-state index < -0.39 is 5.97 Å². The standard InChI is InChI=1S/C13H14ClNO3/c14-11-4-2-1-3-9(11)8-15-10(7-13(17)18)5-6-12(15)16/h1-4,10H,5-8H2,(H,17,18)/t10-/m0/s1. The van der Waals surface area contributed by atoms with Crippen LogP contribution >= 0.6 is 11.6 Å². The third kappa shape index (κ3) is 2.82. The number of rotatable bonds is 4. The van der Waals surface area contributed by atoms with Crippen LogP contribution in [0, 0.1) is 0 Å². The third-order valence-electron chi connectivity index (χ3n) is 3.16. The van der Waals surface area contributed by atoms with Crippen molar-refractivity contribution in [3.8, 4) is 0 Å². The topological polar surface area (TPSA) is 57.6 Å². The Morgan fingerprint density at radius 3 is 2.83 bits per heavy atom. The van der Waals surface area contributed by atoms with Gasteiger partial charge in [0.05, 0.1) is 6.42 Å². The van der Waals surface area contributed by atoms with Crippen LogP contribution in [0.25, 0.3) is 0 Å². The van der Waals surface area contributed by atoms with Crippen molar-refractivity contribution in [3.05, 3.63) is 34.9 Å². The van der Waals surface area contributed by atoms with Crippen LogP contribution in [0.1, 0.15) is 24.8 Å². The van der Waals surface area contributed by atoms with Crippen LogP contribution in [0.15, 0.2) is 24.3 Å². The van der Waals surface area contributed by atoms with Crippen molar-refractivity contribution in [1.29, 1.82) is 0 Å². The predicted molar refractivity (Wildman–Crippen MR) is 67.3 cm³/mol. The lowest BCUT2D eigenvalue weighted by molar-refractivity contribution is -0.139. The fraction of sp³-hybridized carbons (Fsp3) is 0.385. The van der Waals surface area contributed by atoms with Crippen molar-refractivity contribution in [2.24, 2.45) is 0 Å². The van der Waals surface area contributed by atoms with Gasteiger partial charge in [0, 0.05) is 24.0 Å². The number of carbonyl (C=O) groups excluding carboxylic acids is 1. The molecule has 96 valence electrons. The molecule has 0 radical (unpaired) electrons. The summed E-state index contributed by atoms with van der Waals surface area (Å²) in [5.74, 6) is -0.875. The summed E-state index contributed by atoms with van der Waals surface area (Å²) in [5, 5.41) is 9.44. The number of aliphatic carboxylic acids is 1. The van der Waals surface area contributed by atoms with E-state index in [1.165, 1.54) is 0 Å². The van der Waals surface area contributed by atoms with Crippen LogP contribution in [0.3, 0.4) is 0 Å². The van der Waals surface area contributed by atoms with Crippen molar-refractivity contribution >= 4 is 23.5 Å². The minimum atomic E-state index is -0.876. The predicted octanol–water partition coefficient (Wildman–Crippen LogP) is 2.31. The first-order valence-corrected chi connectivity index (χ1v) is 6.20. The van der Waals surface area contributed by atoms with Gasteiger partial charge in [-0.15, -0.1) is 0 Å². The Kier molecular flexibility index (Phi) is 3.87. The van der Waals surface area contributed by atoms with E-state index in [0.29, 0.717) is 24.4 Å². The second-order valence-corrected chi connectivity index (χ2v) is 4.81. The molecule has 1 saturated heterocycles. The molecule has 2 rings (SSSR count). The molecule has 1 heterocycles. The highest BCUT2D eigenvalue weighted by Gasteiger charge is 2.32. The Hall–Kier alpha value is -1.55. The molecule has 0 saturated carbocycles. The van der Waals surface area contributed by atoms with Gasteiger partial charge in [0.1, 0.15) is 0 Å². The molecule has 5 heteroatoms. The normalized spacial score (nSPS) is 19.3. The van der Waals surface area contributed by atoms with Gasteiger partial charge < -0.3 is 10.0 Å². The van der Waals surface area contributed by atoms with Gasteiger partial charge in [-0.2, -0.15) is 0 Å². The van der Waals surface area contributed by atoms with Crippen molar-refractivity contribution < 1.29 is 14.7 Å². The van der Waals surface area contributed by atoms with E-state index >= 15 is 0 Å². The number of hydrogen-bond acceptors (Lipinski definition) is 2. The molecule has 1 N–H and O–H groups in total. The molecule has 0 unspecified atom stereocenters. The molecule has 1 atom stereocenters. The molecule has 1 amide bonds. The average Bonchev–Trinajstić information content (AvgIpc) is 2.64. The van der Waals surface area contributed by atoms with Gasteiger partial charge in [-0.1, -0.05) is 29.8 Å². The minimum Gasteiger partial charge on any atom is -0.481 e. The lowest BCUT2D eigenvalue weighted by Crippen LogP contribution is -2.34. The summed E-state index contributed by atoms with van der Waals surface area (Å²) in [6, 6.07) is 7.08. The van der Waals surface area contributed by atoms with E-state index in [-0.39, 0.29) is 18.4 Å². The molecule has 1 aromatic carbocycles. The second-order valence-electron chi connectivity index (χ2n) is 4.40. The van der Waals surface area contributed by atoms with Gasteiger partial charge in [0.15, 0.2) is 0 Å². The Balaban J connectivity index is 2.13. The Labute approximate surface area is 110 Å². The van der Waals surface area contributed by atoms with Crippen molar-refractivity contribution in [2.45, 2.75) is 31.8 Å². The number of carboxylic acids is 1. The molecular weight excluding hydrogens is 254 g/mol. The zero-order valence-electron chi connectivity index (χ0n) is 9.80. The summed E-state index contributed by atoms with van der Waals surface area (Å²) in [5.41, 5.74) is 0.852. The maximum atomic E-state index is 11.8. The maximum Gasteiger partial charge on any atom is 0.305 e. The summed E-state index contributed by atoms with van der Waals surface area (Å²) in [6.07, 6.45) is 1.02. The fourth-order valence-electron chi connectivity index (χ4n) is 2.23. The van der Waals surface area contributed by atoms with E-state index in [1.807, 2.05) is 18.2 Å². The number of halogens is 1. The Bertz CT molecular complexity index is 475. The summed E-state index contributed by atoms with van der Waals surface area (Å²) >= 11 is 6.05. The van der Waals surface area contributed by atoms with Crippen molar-refractivity contribution in [2.75, 3.05) is 0 Å². The van der Waals surface area contributed by atoms with Crippen LogP contribution in [0.2, 0.25) is 5.02 Å². The van der Waals surface area contributed by atoms with Crippen LogP contribution in [0.4, 0.5) is 0 Å². The third-order valence-corrected chi connectivity index (χ3v) is 3.53. The van der Waals surface area contributed by atoms with E-state index in [4.69, 9.17) is 16.7 Å². The quantitative estimate of drug-likeness (QED) is 0.911. The maximum absolute atomic E-state index is 11.8. The van der Waals surface area contributed by atoms with E-state index in [2.05, 4.69) is 0 Å². The number of likely N-dealkylation sites (tertiary alicyclic amines) is 1. The van der Waals surface area contributed by atoms with Crippen LogP contribution in [-0.4, -0.2) is 27.9 Å². The summed E-state index contributed by atoms with van der Waals surface area (Å²) in [6.45, 7) is 0.385. The Morgan fingerprint density at radius 2 is 2.17 bits per heavy atom. The molecule has 0 aliphatic carbocycles. The second kappa shape index (κ2) is 5.40. The largest absolute Gasteiger partial charge is 0.481 e. The van der Waals surface area contributed by atoms with Crippen LogP contribution in [-0.2, 0) is 16.1 Å². The molecule has 0 bridgehead atoms. The molecule has 4 nitrogen and oxygen atoms in total. The number of benzene rings is 1.